The number of aliphatic carboxylic acids is 1. The Bertz CT molecular complexity index is 506. The molecule has 0 amide bonds. The van der Waals surface area contributed by atoms with Gasteiger partial charge >= 0.3 is 5.97 Å². The molecule has 2 rings (SSSR count). The minimum atomic E-state index is -0.847. The van der Waals surface area contributed by atoms with Gasteiger partial charge in [0, 0.05) is 12.6 Å². The molecule has 0 aliphatic carbocycles. The van der Waals surface area contributed by atoms with Gasteiger partial charge in [-0.1, -0.05) is 13.3 Å². The van der Waals surface area contributed by atoms with Gasteiger partial charge in [0.25, 0.3) is 0 Å². The summed E-state index contributed by atoms with van der Waals surface area (Å²) in [4.78, 5) is 22.3. The number of methoxy groups -OCH3 is 1. The van der Waals surface area contributed by atoms with E-state index < -0.39 is 11.5 Å². The molecule has 1 aliphatic heterocycles. The van der Waals surface area contributed by atoms with Crippen LogP contribution < -0.4 is 9.64 Å². The molecule has 1 aliphatic rings. The minimum Gasteiger partial charge on any atom is -0.481 e. The summed E-state index contributed by atoms with van der Waals surface area (Å²) >= 11 is 0. The van der Waals surface area contributed by atoms with Crippen molar-refractivity contribution in [2.75, 3.05) is 18.6 Å². The van der Waals surface area contributed by atoms with Gasteiger partial charge in [0.1, 0.15) is 17.2 Å². The monoisotopic (exact) mass is 279 g/mol. The first-order valence-corrected chi connectivity index (χ1v) is 6.94. The summed E-state index contributed by atoms with van der Waals surface area (Å²) in [6.07, 6.45) is 2.96. The highest BCUT2D eigenvalue weighted by atomic mass is 16.5. The van der Waals surface area contributed by atoms with Crippen LogP contribution in [-0.2, 0) is 4.79 Å². The zero-order valence-electron chi connectivity index (χ0n) is 12.2. The maximum Gasteiger partial charge on any atom is 0.329 e. The molecule has 1 aromatic rings. The molecule has 0 spiro atoms. The highest BCUT2D eigenvalue weighted by molar-refractivity contribution is 5.84. The fourth-order valence-electron chi connectivity index (χ4n) is 2.98. The molecule has 6 nitrogen and oxygen atoms in total. The van der Waals surface area contributed by atoms with Crippen molar-refractivity contribution >= 4 is 11.8 Å². The Morgan fingerprint density at radius 2 is 2.30 bits per heavy atom. The Hall–Kier alpha value is -1.85. The van der Waals surface area contributed by atoms with E-state index in [1.807, 2.05) is 11.8 Å². The largest absolute Gasteiger partial charge is 0.481 e. The number of anilines is 1. The molecule has 2 heterocycles. The first kappa shape index (κ1) is 14.6. The zero-order chi connectivity index (χ0) is 14.8. The molecule has 1 saturated heterocycles. The highest BCUT2D eigenvalue weighted by Crippen LogP contribution is 2.37. The molecule has 1 aromatic heterocycles. The van der Waals surface area contributed by atoms with E-state index in [0.717, 1.165) is 12.8 Å². The van der Waals surface area contributed by atoms with Crippen LogP contribution in [0.25, 0.3) is 0 Å². The lowest BCUT2D eigenvalue weighted by Gasteiger charge is -2.35. The molecular formula is C14H21N3O3. The van der Waals surface area contributed by atoms with Gasteiger partial charge in [-0.05, 0) is 26.2 Å². The molecular weight excluding hydrogens is 258 g/mol. The normalized spacial score (nSPS) is 22.1. The maximum absolute atomic E-state index is 11.8. The lowest BCUT2D eigenvalue weighted by Crippen LogP contribution is -2.51. The van der Waals surface area contributed by atoms with Crippen LogP contribution in [0, 0.1) is 6.92 Å². The number of nitrogens with zero attached hydrogens (tertiary/aromatic N) is 3. The molecule has 20 heavy (non-hydrogen) atoms. The van der Waals surface area contributed by atoms with Crippen LogP contribution in [-0.4, -0.2) is 40.2 Å². The van der Waals surface area contributed by atoms with Crippen molar-refractivity contribution in [3.8, 4) is 5.88 Å². The van der Waals surface area contributed by atoms with Crippen LogP contribution in [0.2, 0.25) is 0 Å². The van der Waals surface area contributed by atoms with Gasteiger partial charge in [-0.2, -0.15) is 4.98 Å². The molecule has 1 unspecified atom stereocenters. The van der Waals surface area contributed by atoms with Gasteiger partial charge in [0.05, 0.1) is 7.11 Å². The molecule has 6 heteroatoms. The van der Waals surface area contributed by atoms with Gasteiger partial charge < -0.3 is 14.7 Å². The van der Waals surface area contributed by atoms with Gasteiger partial charge in [0.2, 0.25) is 5.88 Å². The summed E-state index contributed by atoms with van der Waals surface area (Å²) in [5.41, 5.74) is -0.847. The Labute approximate surface area is 118 Å². The third-order valence-electron chi connectivity index (χ3n) is 3.84. The average molecular weight is 279 g/mol. The van der Waals surface area contributed by atoms with Crippen molar-refractivity contribution in [2.24, 2.45) is 0 Å². The number of carboxylic acids is 1. The second kappa shape index (κ2) is 5.64. The zero-order valence-corrected chi connectivity index (χ0v) is 12.2. The molecule has 0 bridgehead atoms. The fourth-order valence-corrected chi connectivity index (χ4v) is 2.98. The number of aromatic nitrogens is 2. The van der Waals surface area contributed by atoms with Gasteiger partial charge in [-0.25, -0.2) is 9.78 Å². The van der Waals surface area contributed by atoms with Crippen LogP contribution in [0.4, 0.5) is 5.82 Å². The Balaban J connectivity index is 2.44. The summed E-state index contributed by atoms with van der Waals surface area (Å²) in [7, 11) is 1.55. The predicted octanol–water partition coefficient (Wildman–Crippen LogP) is 2.02. The van der Waals surface area contributed by atoms with E-state index in [1.54, 1.807) is 20.1 Å². The third-order valence-corrected chi connectivity index (χ3v) is 3.84. The molecule has 0 saturated carbocycles. The quantitative estimate of drug-likeness (QED) is 0.888. The molecule has 1 N–H and O–H groups in total. The van der Waals surface area contributed by atoms with E-state index >= 15 is 0 Å². The number of hydrogen-bond donors (Lipinski definition) is 1. The van der Waals surface area contributed by atoms with Crippen LogP contribution in [0.5, 0.6) is 5.88 Å². The Kier molecular flexibility index (Phi) is 4.11. The summed E-state index contributed by atoms with van der Waals surface area (Å²) in [5.74, 6) is 0.923. The number of aryl methyl sites for hydroxylation is 1. The van der Waals surface area contributed by atoms with Crippen molar-refractivity contribution in [1.29, 1.82) is 0 Å². The van der Waals surface area contributed by atoms with Crippen molar-refractivity contribution < 1.29 is 14.6 Å². The van der Waals surface area contributed by atoms with Crippen LogP contribution in [0.15, 0.2) is 6.07 Å². The minimum absolute atomic E-state index is 0.468. The van der Waals surface area contributed by atoms with Gasteiger partial charge in [-0.3, -0.25) is 0 Å². The molecule has 0 radical (unpaired) electrons. The Morgan fingerprint density at radius 1 is 1.55 bits per heavy atom. The summed E-state index contributed by atoms with van der Waals surface area (Å²) < 4.78 is 5.16. The summed E-state index contributed by atoms with van der Waals surface area (Å²) in [6, 6.07) is 1.71. The number of ether oxygens (including phenoxy) is 1. The number of carboxylic acid groups (broad SMARTS) is 1. The third kappa shape index (κ3) is 2.42. The van der Waals surface area contributed by atoms with Crippen LogP contribution in [0.1, 0.15) is 38.4 Å². The van der Waals surface area contributed by atoms with Crippen molar-refractivity contribution in [1.82, 2.24) is 9.97 Å². The standard InChI is InChI=1S/C14H21N3O3/c1-4-6-14(13(18)19)7-5-8-17(14)11-9-12(20-3)16-10(2)15-11/h9H,4-8H2,1-3H3,(H,18,19). The predicted molar refractivity (Wildman–Crippen MR) is 75.2 cm³/mol. The topological polar surface area (TPSA) is 75.5 Å². The van der Waals surface area contributed by atoms with Gasteiger partial charge in [-0.15, -0.1) is 0 Å². The molecule has 0 aromatic carbocycles. The second-order valence-electron chi connectivity index (χ2n) is 5.16. The molecule has 1 fully saturated rings. The SMILES string of the molecule is CCCC1(C(=O)O)CCCN1c1cc(OC)nc(C)n1. The lowest BCUT2D eigenvalue weighted by atomic mass is 9.90. The summed E-state index contributed by atoms with van der Waals surface area (Å²) in [6.45, 7) is 4.49. The number of hydrogen-bond acceptors (Lipinski definition) is 5. The van der Waals surface area contributed by atoms with Crippen molar-refractivity contribution in [3.63, 3.8) is 0 Å². The van der Waals surface area contributed by atoms with E-state index in [1.165, 1.54) is 0 Å². The Morgan fingerprint density at radius 3 is 2.90 bits per heavy atom. The van der Waals surface area contributed by atoms with Crippen molar-refractivity contribution in [2.45, 2.75) is 45.1 Å². The van der Waals surface area contributed by atoms with Crippen molar-refractivity contribution in [3.05, 3.63) is 11.9 Å². The number of carbonyl (C=O) groups is 1. The molecule has 1 atom stereocenters. The summed E-state index contributed by atoms with van der Waals surface area (Å²) in [5, 5.41) is 9.71. The van der Waals surface area contributed by atoms with E-state index in [9.17, 15) is 9.90 Å². The van der Waals surface area contributed by atoms with E-state index in [-0.39, 0.29) is 0 Å². The highest BCUT2D eigenvalue weighted by Gasteiger charge is 2.47. The van der Waals surface area contributed by atoms with Crippen LogP contribution >= 0.6 is 0 Å². The first-order chi connectivity index (χ1) is 9.53. The number of rotatable bonds is 5. The van der Waals surface area contributed by atoms with E-state index in [4.69, 9.17) is 4.74 Å². The van der Waals surface area contributed by atoms with E-state index in [0.29, 0.717) is 36.9 Å². The smallest absolute Gasteiger partial charge is 0.329 e. The average Bonchev–Trinajstić information content (AvgIpc) is 2.83. The van der Waals surface area contributed by atoms with Crippen LogP contribution in [0.3, 0.4) is 0 Å². The second-order valence-corrected chi connectivity index (χ2v) is 5.16. The van der Waals surface area contributed by atoms with Gasteiger partial charge in [0.15, 0.2) is 0 Å². The molecule has 110 valence electrons. The lowest BCUT2D eigenvalue weighted by molar-refractivity contribution is -0.143. The first-order valence-electron chi connectivity index (χ1n) is 6.94. The van der Waals surface area contributed by atoms with E-state index in [2.05, 4.69) is 9.97 Å². The fraction of sp³-hybridized carbons (Fsp3) is 0.643. The maximum atomic E-state index is 11.8.